The Morgan fingerprint density at radius 3 is 3.10 bits per heavy atom. The van der Waals surface area contributed by atoms with Gasteiger partial charge in [0.25, 0.3) is 0 Å². The Labute approximate surface area is 63.5 Å². The molecule has 0 spiro atoms. The molecule has 1 nitrogen and oxygen atoms in total. The lowest BCUT2D eigenvalue weighted by Gasteiger charge is -2.07. The molecule has 1 rings (SSSR count). The molecule has 0 radical (unpaired) electrons. The first-order chi connectivity index (χ1) is 4.93. The van der Waals surface area contributed by atoms with Crippen molar-refractivity contribution in [2.45, 2.75) is 38.1 Å². The van der Waals surface area contributed by atoms with E-state index in [1.807, 2.05) is 6.08 Å². The molecule has 1 saturated heterocycles. The highest BCUT2D eigenvalue weighted by molar-refractivity contribution is 4.75. The van der Waals surface area contributed by atoms with Crippen LogP contribution in [0.15, 0.2) is 12.7 Å². The van der Waals surface area contributed by atoms with Crippen molar-refractivity contribution >= 4 is 0 Å². The lowest BCUT2D eigenvalue weighted by molar-refractivity contribution is 0.539. The van der Waals surface area contributed by atoms with Gasteiger partial charge in [0, 0.05) is 6.04 Å². The van der Waals surface area contributed by atoms with Crippen LogP contribution in [0.2, 0.25) is 0 Å². The van der Waals surface area contributed by atoms with Gasteiger partial charge in [0.2, 0.25) is 0 Å². The predicted molar refractivity (Wildman–Crippen MR) is 45.1 cm³/mol. The second-order valence-electron chi connectivity index (χ2n) is 3.01. The van der Waals surface area contributed by atoms with E-state index in [1.165, 1.54) is 38.6 Å². The molecule has 1 N–H and O–H groups in total. The molecule has 1 atom stereocenters. The molecule has 0 aliphatic carbocycles. The minimum Gasteiger partial charge on any atom is -0.314 e. The molecule has 58 valence electrons. The van der Waals surface area contributed by atoms with Crippen molar-refractivity contribution in [3.05, 3.63) is 12.7 Å². The number of hydrogen-bond acceptors (Lipinski definition) is 1. The van der Waals surface area contributed by atoms with Crippen molar-refractivity contribution in [3.8, 4) is 0 Å². The predicted octanol–water partition coefficient (Wildman–Crippen LogP) is 2.09. The third kappa shape index (κ3) is 2.53. The normalized spacial score (nSPS) is 25.0. The molecule has 0 aromatic carbocycles. The highest BCUT2D eigenvalue weighted by Gasteiger charge is 2.11. The number of nitrogens with one attached hydrogen (secondary N) is 1. The summed E-state index contributed by atoms with van der Waals surface area (Å²) in [7, 11) is 0. The van der Waals surface area contributed by atoms with Gasteiger partial charge in [-0.3, -0.25) is 0 Å². The van der Waals surface area contributed by atoms with Gasteiger partial charge >= 0.3 is 0 Å². The molecule has 0 amide bonds. The average Bonchev–Trinajstić information content (AvgIpc) is 2.41. The van der Waals surface area contributed by atoms with Gasteiger partial charge in [-0.15, -0.1) is 6.58 Å². The fraction of sp³-hybridized carbons (Fsp3) is 0.778. The topological polar surface area (TPSA) is 12.0 Å². The summed E-state index contributed by atoms with van der Waals surface area (Å²) in [6.45, 7) is 4.94. The zero-order valence-corrected chi connectivity index (χ0v) is 6.60. The monoisotopic (exact) mass is 139 g/mol. The SMILES string of the molecule is C=CCCCC1CCCN1. The fourth-order valence-electron chi connectivity index (χ4n) is 1.51. The van der Waals surface area contributed by atoms with Gasteiger partial charge in [0.15, 0.2) is 0 Å². The molecule has 1 heteroatoms. The van der Waals surface area contributed by atoms with E-state index < -0.39 is 0 Å². The maximum Gasteiger partial charge on any atom is 0.00676 e. The summed E-state index contributed by atoms with van der Waals surface area (Å²) < 4.78 is 0. The van der Waals surface area contributed by atoms with Gasteiger partial charge in [-0.05, 0) is 38.6 Å². The van der Waals surface area contributed by atoms with Crippen molar-refractivity contribution in [1.29, 1.82) is 0 Å². The van der Waals surface area contributed by atoms with Crippen LogP contribution in [0.1, 0.15) is 32.1 Å². The summed E-state index contributed by atoms with van der Waals surface area (Å²) in [5.74, 6) is 0. The van der Waals surface area contributed by atoms with Crippen LogP contribution < -0.4 is 5.32 Å². The molecular weight excluding hydrogens is 122 g/mol. The quantitative estimate of drug-likeness (QED) is 0.464. The second kappa shape index (κ2) is 4.51. The average molecular weight is 139 g/mol. The Morgan fingerprint density at radius 2 is 2.50 bits per heavy atom. The standard InChI is InChI=1S/C9H17N/c1-2-3-4-6-9-7-5-8-10-9/h2,9-10H,1,3-8H2. The fourth-order valence-corrected chi connectivity index (χ4v) is 1.51. The molecule has 0 saturated carbocycles. The van der Waals surface area contributed by atoms with Crippen LogP contribution >= 0.6 is 0 Å². The number of allylic oxidation sites excluding steroid dienone is 1. The van der Waals surface area contributed by atoms with E-state index in [9.17, 15) is 0 Å². The van der Waals surface area contributed by atoms with Crippen molar-refractivity contribution in [2.24, 2.45) is 0 Å². The maximum atomic E-state index is 3.70. The zero-order valence-electron chi connectivity index (χ0n) is 6.60. The van der Waals surface area contributed by atoms with Gasteiger partial charge in [0.1, 0.15) is 0 Å². The Hall–Kier alpha value is -0.300. The molecule has 1 aliphatic heterocycles. The van der Waals surface area contributed by atoms with Gasteiger partial charge in [-0.2, -0.15) is 0 Å². The molecule has 1 fully saturated rings. The maximum absolute atomic E-state index is 3.70. The Kier molecular flexibility index (Phi) is 3.52. The summed E-state index contributed by atoms with van der Waals surface area (Å²) >= 11 is 0. The van der Waals surface area contributed by atoms with Crippen molar-refractivity contribution in [1.82, 2.24) is 5.32 Å². The van der Waals surface area contributed by atoms with E-state index in [1.54, 1.807) is 0 Å². The minimum atomic E-state index is 0.819. The number of rotatable bonds is 4. The third-order valence-corrected chi connectivity index (χ3v) is 2.12. The number of unbranched alkanes of at least 4 members (excludes halogenated alkanes) is 1. The van der Waals surface area contributed by atoms with E-state index in [4.69, 9.17) is 0 Å². The van der Waals surface area contributed by atoms with E-state index in [0.29, 0.717) is 0 Å². The smallest absolute Gasteiger partial charge is 0.00676 e. The summed E-state index contributed by atoms with van der Waals surface area (Å²) in [5.41, 5.74) is 0. The highest BCUT2D eigenvalue weighted by atomic mass is 14.9. The molecule has 1 unspecified atom stereocenters. The molecular formula is C9H17N. The van der Waals surface area contributed by atoms with Crippen molar-refractivity contribution < 1.29 is 0 Å². The van der Waals surface area contributed by atoms with Crippen LogP contribution in [-0.2, 0) is 0 Å². The summed E-state index contributed by atoms with van der Waals surface area (Å²) in [5, 5.41) is 3.48. The van der Waals surface area contributed by atoms with Crippen LogP contribution in [0.5, 0.6) is 0 Å². The Morgan fingerprint density at radius 1 is 1.60 bits per heavy atom. The van der Waals surface area contributed by atoms with E-state index in [-0.39, 0.29) is 0 Å². The molecule has 1 aliphatic rings. The van der Waals surface area contributed by atoms with Crippen LogP contribution in [0.25, 0.3) is 0 Å². The molecule has 0 aromatic rings. The van der Waals surface area contributed by atoms with Crippen molar-refractivity contribution in [2.75, 3.05) is 6.54 Å². The molecule has 10 heavy (non-hydrogen) atoms. The molecule has 0 aromatic heterocycles. The van der Waals surface area contributed by atoms with Crippen molar-refractivity contribution in [3.63, 3.8) is 0 Å². The van der Waals surface area contributed by atoms with Crippen LogP contribution in [-0.4, -0.2) is 12.6 Å². The van der Waals surface area contributed by atoms with E-state index in [2.05, 4.69) is 11.9 Å². The lowest BCUT2D eigenvalue weighted by atomic mass is 10.1. The summed E-state index contributed by atoms with van der Waals surface area (Å²) in [4.78, 5) is 0. The van der Waals surface area contributed by atoms with Crippen LogP contribution in [0.4, 0.5) is 0 Å². The second-order valence-corrected chi connectivity index (χ2v) is 3.01. The molecule has 1 heterocycles. The van der Waals surface area contributed by atoms with E-state index in [0.717, 1.165) is 6.04 Å². The van der Waals surface area contributed by atoms with Gasteiger partial charge in [-0.1, -0.05) is 6.08 Å². The lowest BCUT2D eigenvalue weighted by Crippen LogP contribution is -2.20. The first-order valence-corrected chi connectivity index (χ1v) is 4.28. The number of hydrogen-bond donors (Lipinski definition) is 1. The van der Waals surface area contributed by atoms with Crippen LogP contribution in [0.3, 0.4) is 0 Å². The first-order valence-electron chi connectivity index (χ1n) is 4.28. The Balaban J connectivity index is 1.96. The summed E-state index contributed by atoms with van der Waals surface area (Å²) in [6, 6.07) is 0.819. The van der Waals surface area contributed by atoms with Gasteiger partial charge in [0.05, 0.1) is 0 Å². The zero-order chi connectivity index (χ0) is 7.23. The summed E-state index contributed by atoms with van der Waals surface area (Å²) in [6.07, 6.45) is 8.59. The van der Waals surface area contributed by atoms with Gasteiger partial charge < -0.3 is 5.32 Å². The Bertz CT molecular complexity index is 92.9. The first kappa shape index (κ1) is 7.80. The van der Waals surface area contributed by atoms with Crippen LogP contribution in [0, 0.1) is 0 Å². The largest absolute Gasteiger partial charge is 0.314 e. The molecule has 0 bridgehead atoms. The third-order valence-electron chi connectivity index (χ3n) is 2.12. The van der Waals surface area contributed by atoms with E-state index >= 15 is 0 Å². The van der Waals surface area contributed by atoms with Gasteiger partial charge in [-0.25, -0.2) is 0 Å². The highest BCUT2D eigenvalue weighted by Crippen LogP contribution is 2.11. The minimum absolute atomic E-state index is 0.819.